The van der Waals surface area contributed by atoms with Gasteiger partial charge in [-0.3, -0.25) is 0 Å². The number of benzene rings is 3. The molecule has 0 unspecified atom stereocenters. The van der Waals surface area contributed by atoms with Gasteiger partial charge in [0.2, 0.25) is 0 Å². The number of hydrogen-bond acceptors (Lipinski definition) is 0. The zero-order chi connectivity index (χ0) is 17.1. The minimum absolute atomic E-state index is 1.24. The smallest absolute Gasteiger partial charge is 0.0152 e. The van der Waals surface area contributed by atoms with E-state index in [0.717, 1.165) is 0 Å². The number of hydrogen-bond donors (Lipinski definition) is 0. The van der Waals surface area contributed by atoms with Crippen LogP contribution >= 0.6 is 0 Å². The molecule has 0 radical (unpaired) electrons. The molecule has 0 heterocycles. The molecule has 120 valence electrons. The highest BCUT2D eigenvalue weighted by molar-refractivity contribution is 5.77. The van der Waals surface area contributed by atoms with Crippen LogP contribution in [0.15, 0.2) is 66.7 Å². The Morgan fingerprint density at radius 2 is 1.04 bits per heavy atom. The van der Waals surface area contributed by atoms with Gasteiger partial charge < -0.3 is 0 Å². The third kappa shape index (κ3) is 3.19. The Morgan fingerprint density at radius 1 is 0.583 bits per heavy atom. The van der Waals surface area contributed by atoms with E-state index < -0.39 is 0 Å². The molecule has 0 heteroatoms. The zero-order valence-corrected chi connectivity index (χ0v) is 14.9. The lowest BCUT2D eigenvalue weighted by molar-refractivity contribution is 1.33. The Labute approximate surface area is 145 Å². The van der Waals surface area contributed by atoms with Crippen LogP contribution in [-0.2, 0) is 0 Å². The molecule has 0 saturated carbocycles. The lowest BCUT2D eigenvalue weighted by Gasteiger charge is -2.14. The summed E-state index contributed by atoms with van der Waals surface area (Å²) in [5, 5.41) is 0. The maximum Gasteiger partial charge on any atom is -0.0152 e. The molecule has 3 rings (SSSR count). The lowest BCUT2D eigenvalue weighted by Crippen LogP contribution is -1.92. The Balaban J connectivity index is 2.02. The Morgan fingerprint density at radius 3 is 1.50 bits per heavy atom. The average Bonchev–Trinajstić information content (AvgIpc) is 2.59. The topological polar surface area (TPSA) is 0 Å². The maximum atomic E-state index is 2.25. The number of aryl methyl sites for hydroxylation is 1. The van der Waals surface area contributed by atoms with Crippen molar-refractivity contribution in [1.82, 2.24) is 0 Å². The molecular formula is C24H24. The van der Waals surface area contributed by atoms with Crippen molar-refractivity contribution in [3.8, 4) is 22.3 Å². The molecule has 0 atom stereocenters. The van der Waals surface area contributed by atoms with Gasteiger partial charge >= 0.3 is 0 Å². The first-order chi connectivity index (χ1) is 11.6. The lowest BCUT2D eigenvalue weighted by atomic mass is 9.90. The van der Waals surface area contributed by atoms with Crippen molar-refractivity contribution in [2.45, 2.75) is 27.7 Å². The van der Waals surface area contributed by atoms with Gasteiger partial charge in [0.1, 0.15) is 0 Å². The molecule has 0 amide bonds. The largest absolute Gasteiger partial charge is 0.0871 e. The highest BCUT2D eigenvalue weighted by Crippen LogP contribution is 2.32. The highest BCUT2D eigenvalue weighted by Gasteiger charge is 2.09. The van der Waals surface area contributed by atoms with Crippen LogP contribution in [0.2, 0.25) is 0 Å². The normalized spacial score (nSPS) is 11.2. The fourth-order valence-electron chi connectivity index (χ4n) is 3.15. The summed E-state index contributed by atoms with van der Waals surface area (Å²) >= 11 is 0. The van der Waals surface area contributed by atoms with E-state index in [-0.39, 0.29) is 0 Å². The summed E-state index contributed by atoms with van der Waals surface area (Å²) in [5.41, 5.74) is 10.5. The molecule has 0 N–H and O–H groups in total. The third-order valence-corrected chi connectivity index (χ3v) is 4.73. The molecule has 24 heavy (non-hydrogen) atoms. The van der Waals surface area contributed by atoms with Crippen molar-refractivity contribution in [1.29, 1.82) is 0 Å². The fourth-order valence-corrected chi connectivity index (χ4v) is 3.15. The molecular weight excluding hydrogens is 288 g/mol. The van der Waals surface area contributed by atoms with Crippen LogP contribution in [0.25, 0.3) is 28.3 Å². The van der Waals surface area contributed by atoms with Gasteiger partial charge in [-0.2, -0.15) is 0 Å². The molecule has 0 nitrogen and oxygen atoms in total. The molecule has 0 aliphatic carbocycles. The van der Waals surface area contributed by atoms with Gasteiger partial charge in [-0.1, -0.05) is 78.4 Å². The number of rotatable bonds is 3. The first-order valence-corrected chi connectivity index (χ1v) is 8.50. The zero-order valence-electron chi connectivity index (χ0n) is 14.9. The van der Waals surface area contributed by atoms with Gasteiger partial charge in [0, 0.05) is 0 Å². The van der Waals surface area contributed by atoms with Crippen LogP contribution in [0.1, 0.15) is 29.2 Å². The molecule has 0 aliphatic rings. The second-order valence-electron chi connectivity index (χ2n) is 6.40. The van der Waals surface area contributed by atoms with Crippen molar-refractivity contribution in [2.24, 2.45) is 0 Å². The van der Waals surface area contributed by atoms with Crippen LogP contribution in [0.4, 0.5) is 0 Å². The van der Waals surface area contributed by atoms with E-state index in [2.05, 4.69) is 93.6 Å². The SMILES string of the molecule is C/C=C/c1ccc(-c2ccc(-c3ccc(C)cc3)c(C)c2C)cc1. The van der Waals surface area contributed by atoms with Crippen molar-refractivity contribution in [3.63, 3.8) is 0 Å². The van der Waals surface area contributed by atoms with E-state index in [1.807, 2.05) is 6.92 Å². The summed E-state index contributed by atoms with van der Waals surface area (Å²) in [6.07, 6.45) is 4.20. The predicted octanol–water partition coefficient (Wildman–Crippen LogP) is 6.98. The van der Waals surface area contributed by atoms with Crippen LogP contribution in [0.5, 0.6) is 0 Å². The minimum Gasteiger partial charge on any atom is -0.0871 e. The molecule has 0 spiro atoms. The van der Waals surface area contributed by atoms with Gasteiger partial charge in [0.05, 0.1) is 0 Å². The monoisotopic (exact) mass is 312 g/mol. The average molecular weight is 312 g/mol. The molecule has 0 saturated heterocycles. The standard InChI is InChI=1S/C24H24/c1-5-6-20-9-13-22(14-10-20)24-16-15-23(18(3)19(24)4)21-11-7-17(2)8-12-21/h5-16H,1-4H3/b6-5+. The second-order valence-corrected chi connectivity index (χ2v) is 6.40. The van der Waals surface area contributed by atoms with E-state index in [1.165, 1.54) is 44.5 Å². The first kappa shape index (κ1) is 16.3. The molecule has 3 aromatic rings. The summed E-state index contributed by atoms with van der Waals surface area (Å²) in [7, 11) is 0. The molecule has 3 aromatic carbocycles. The van der Waals surface area contributed by atoms with E-state index in [1.54, 1.807) is 0 Å². The minimum atomic E-state index is 1.24. The Kier molecular flexibility index (Phi) is 4.66. The van der Waals surface area contributed by atoms with Crippen LogP contribution in [-0.4, -0.2) is 0 Å². The van der Waals surface area contributed by atoms with Crippen molar-refractivity contribution in [2.75, 3.05) is 0 Å². The van der Waals surface area contributed by atoms with E-state index in [9.17, 15) is 0 Å². The first-order valence-electron chi connectivity index (χ1n) is 8.50. The highest BCUT2D eigenvalue weighted by atomic mass is 14.1. The maximum absolute atomic E-state index is 2.25. The van der Waals surface area contributed by atoms with Gasteiger partial charge in [0.15, 0.2) is 0 Å². The van der Waals surface area contributed by atoms with Crippen LogP contribution in [0.3, 0.4) is 0 Å². The summed E-state index contributed by atoms with van der Waals surface area (Å²) in [4.78, 5) is 0. The Bertz CT molecular complexity index is 863. The summed E-state index contributed by atoms with van der Waals surface area (Å²) < 4.78 is 0. The van der Waals surface area contributed by atoms with Gasteiger partial charge in [-0.05, 0) is 66.6 Å². The third-order valence-electron chi connectivity index (χ3n) is 4.73. The summed E-state index contributed by atoms with van der Waals surface area (Å²) in [6, 6.07) is 22.1. The predicted molar refractivity (Wildman–Crippen MR) is 106 cm³/mol. The van der Waals surface area contributed by atoms with Crippen LogP contribution < -0.4 is 0 Å². The summed E-state index contributed by atoms with van der Waals surface area (Å²) in [6.45, 7) is 8.62. The molecule has 0 aliphatic heterocycles. The van der Waals surface area contributed by atoms with E-state index in [0.29, 0.717) is 0 Å². The van der Waals surface area contributed by atoms with Gasteiger partial charge in [0.25, 0.3) is 0 Å². The molecule has 0 fully saturated rings. The second kappa shape index (κ2) is 6.88. The van der Waals surface area contributed by atoms with Crippen molar-refractivity contribution < 1.29 is 0 Å². The van der Waals surface area contributed by atoms with E-state index >= 15 is 0 Å². The van der Waals surface area contributed by atoms with Gasteiger partial charge in [-0.25, -0.2) is 0 Å². The Hall–Kier alpha value is -2.60. The fraction of sp³-hybridized carbons (Fsp3) is 0.167. The molecule has 0 aromatic heterocycles. The van der Waals surface area contributed by atoms with Crippen molar-refractivity contribution in [3.05, 3.63) is 89.0 Å². The quantitative estimate of drug-likeness (QED) is 0.489. The molecule has 0 bridgehead atoms. The van der Waals surface area contributed by atoms with Gasteiger partial charge in [-0.15, -0.1) is 0 Å². The van der Waals surface area contributed by atoms with Crippen LogP contribution in [0, 0.1) is 20.8 Å². The number of allylic oxidation sites excluding steroid dienone is 1. The van der Waals surface area contributed by atoms with Crippen molar-refractivity contribution >= 4 is 6.08 Å². The van der Waals surface area contributed by atoms with E-state index in [4.69, 9.17) is 0 Å². The summed E-state index contributed by atoms with van der Waals surface area (Å²) in [5.74, 6) is 0.